The van der Waals surface area contributed by atoms with Crippen LogP contribution in [0.15, 0.2) is 35.1 Å². The van der Waals surface area contributed by atoms with Crippen LogP contribution in [0.3, 0.4) is 0 Å². The average molecular weight is 202 g/mol. The monoisotopic (exact) mass is 202 g/mol. The maximum absolute atomic E-state index is 11.3. The largest absolute Gasteiger partial charge is 0.369 e. The molecule has 2 rings (SSSR count). The minimum absolute atomic E-state index is 0.0877. The number of aromatic amines is 1. The van der Waals surface area contributed by atoms with Crippen LogP contribution >= 0.6 is 0 Å². The van der Waals surface area contributed by atoms with Crippen LogP contribution in [-0.2, 0) is 11.2 Å². The number of nitrogens with one attached hydrogen (secondary N) is 1. The maximum atomic E-state index is 11.3. The van der Waals surface area contributed by atoms with E-state index < -0.39 is 5.91 Å². The van der Waals surface area contributed by atoms with Crippen LogP contribution in [-0.4, -0.2) is 10.9 Å². The van der Waals surface area contributed by atoms with Gasteiger partial charge in [0.2, 0.25) is 11.5 Å². The first-order chi connectivity index (χ1) is 7.16. The molecular weight excluding hydrogens is 192 g/mol. The van der Waals surface area contributed by atoms with Crippen LogP contribution in [0.5, 0.6) is 0 Å². The van der Waals surface area contributed by atoms with Gasteiger partial charge in [-0.25, -0.2) is 0 Å². The summed E-state index contributed by atoms with van der Waals surface area (Å²) in [6.45, 7) is 0. The summed E-state index contributed by atoms with van der Waals surface area (Å²) in [5.41, 5.74) is 6.29. The Balaban J connectivity index is 2.71. The zero-order valence-electron chi connectivity index (χ0n) is 7.99. The van der Waals surface area contributed by atoms with Gasteiger partial charge in [-0.15, -0.1) is 0 Å². The Morgan fingerprint density at radius 1 is 1.33 bits per heavy atom. The number of amides is 1. The van der Waals surface area contributed by atoms with Gasteiger partial charge in [-0.1, -0.05) is 18.2 Å². The third-order valence-electron chi connectivity index (χ3n) is 2.20. The van der Waals surface area contributed by atoms with E-state index in [0.717, 1.165) is 10.9 Å². The summed E-state index contributed by atoms with van der Waals surface area (Å²) in [7, 11) is 0. The van der Waals surface area contributed by atoms with E-state index in [4.69, 9.17) is 5.73 Å². The first-order valence-corrected chi connectivity index (χ1v) is 4.56. The van der Waals surface area contributed by atoms with E-state index in [0.29, 0.717) is 5.56 Å². The van der Waals surface area contributed by atoms with Crippen LogP contribution in [0.1, 0.15) is 5.56 Å². The van der Waals surface area contributed by atoms with Crippen molar-refractivity contribution < 1.29 is 4.79 Å². The predicted octanol–water partition coefficient (Wildman–Crippen LogP) is 0.556. The van der Waals surface area contributed by atoms with Crippen LogP contribution < -0.4 is 11.3 Å². The molecule has 0 fully saturated rings. The van der Waals surface area contributed by atoms with Crippen molar-refractivity contribution in [1.82, 2.24) is 4.98 Å². The minimum atomic E-state index is -0.439. The average Bonchev–Trinajstić information content (AvgIpc) is 2.16. The van der Waals surface area contributed by atoms with Crippen LogP contribution in [0.25, 0.3) is 10.9 Å². The Bertz CT molecular complexity index is 572. The Morgan fingerprint density at radius 3 is 2.80 bits per heavy atom. The van der Waals surface area contributed by atoms with Crippen molar-refractivity contribution in [2.24, 2.45) is 5.73 Å². The third kappa shape index (κ3) is 1.88. The fourth-order valence-corrected chi connectivity index (χ4v) is 1.61. The van der Waals surface area contributed by atoms with Crippen molar-refractivity contribution >= 4 is 16.8 Å². The van der Waals surface area contributed by atoms with Gasteiger partial charge in [0.05, 0.1) is 6.42 Å². The number of carbonyl (C=O) groups excluding carboxylic acids is 1. The van der Waals surface area contributed by atoms with Gasteiger partial charge in [-0.05, 0) is 11.6 Å². The molecule has 15 heavy (non-hydrogen) atoms. The molecule has 0 saturated carbocycles. The first-order valence-electron chi connectivity index (χ1n) is 4.56. The second-order valence-corrected chi connectivity index (χ2v) is 3.35. The molecule has 76 valence electrons. The lowest BCUT2D eigenvalue weighted by Gasteiger charge is -2.03. The quantitative estimate of drug-likeness (QED) is 0.746. The summed E-state index contributed by atoms with van der Waals surface area (Å²) in [6, 6.07) is 8.73. The molecule has 0 radical (unpaired) electrons. The van der Waals surface area contributed by atoms with E-state index >= 15 is 0 Å². The molecule has 3 N–H and O–H groups in total. The molecule has 4 heteroatoms. The Morgan fingerprint density at radius 2 is 2.07 bits per heavy atom. The molecule has 0 spiro atoms. The fraction of sp³-hybridized carbons (Fsp3) is 0.0909. The summed E-state index contributed by atoms with van der Waals surface area (Å²) in [6.07, 6.45) is 0.0877. The first kappa shape index (κ1) is 9.45. The Labute approximate surface area is 85.7 Å². The zero-order valence-corrected chi connectivity index (χ0v) is 7.99. The number of pyridine rings is 1. The smallest absolute Gasteiger partial charge is 0.248 e. The lowest BCUT2D eigenvalue weighted by atomic mass is 10.1. The third-order valence-corrected chi connectivity index (χ3v) is 2.20. The second-order valence-electron chi connectivity index (χ2n) is 3.35. The number of hydrogen-bond donors (Lipinski definition) is 2. The molecule has 4 nitrogen and oxygen atoms in total. The highest BCUT2D eigenvalue weighted by Gasteiger charge is 2.05. The fourth-order valence-electron chi connectivity index (χ4n) is 1.61. The van der Waals surface area contributed by atoms with E-state index in [1.165, 1.54) is 6.07 Å². The highest BCUT2D eigenvalue weighted by atomic mass is 16.1. The molecule has 0 aliphatic heterocycles. The number of aromatic nitrogens is 1. The molecule has 0 unspecified atom stereocenters. The van der Waals surface area contributed by atoms with Crippen LogP contribution in [0.4, 0.5) is 0 Å². The van der Waals surface area contributed by atoms with E-state index in [2.05, 4.69) is 4.98 Å². The molecule has 2 aromatic rings. The summed E-state index contributed by atoms with van der Waals surface area (Å²) in [5, 5.41) is 0.857. The molecule has 1 aromatic heterocycles. The number of para-hydroxylation sites is 1. The molecule has 1 heterocycles. The van der Waals surface area contributed by atoms with Crippen molar-refractivity contribution in [3.8, 4) is 0 Å². The Kier molecular flexibility index (Phi) is 2.25. The Hall–Kier alpha value is -2.10. The van der Waals surface area contributed by atoms with Crippen LogP contribution in [0, 0.1) is 0 Å². The van der Waals surface area contributed by atoms with E-state index in [1.54, 1.807) is 6.07 Å². The normalized spacial score (nSPS) is 10.4. The molecule has 0 aliphatic rings. The lowest BCUT2D eigenvalue weighted by molar-refractivity contribution is -0.117. The second kappa shape index (κ2) is 3.57. The van der Waals surface area contributed by atoms with Crippen molar-refractivity contribution in [2.75, 3.05) is 0 Å². The number of primary amides is 1. The van der Waals surface area contributed by atoms with E-state index in [1.807, 2.05) is 18.2 Å². The number of fused-ring (bicyclic) bond motifs is 1. The standard InChI is InChI=1S/C11H10N2O2/c12-10(14)5-7-6-11(15)13-9-4-2-1-3-8(7)9/h1-4,6H,5H2,(H2,12,14)(H,13,15). The van der Waals surface area contributed by atoms with Crippen molar-refractivity contribution in [3.05, 3.63) is 46.2 Å². The lowest BCUT2D eigenvalue weighted by Crippen LogP contribution is -2.16. The van der Waals surface area contributed by atoms with Gasteiger partial charge in [-0.3, -0.25) is 9.59 Å². The van der Waals surface area contributed by atoms with Crippen LogP contribution in [0.2, 0.25) is 0 Å². The van der Waals surface area contributed by atoms with Gasteiger partial charge in [0.25, 0.3) is 0 Å². The number of carbonyl (C=O) groups is 1. The molecule has 0 aliphatic carbocycles. The number of benzene rings is 1. The molecule has 0 bridgehead atoms. The molecule has 0 saturated heterocycles. The molecule has 1 aromatic carbocycles. The van der Waals surface area contributed by atoms with Gasteiger partial charge in [0, 0.05) is 17.0 Å². The van der Waals surface area contributed by atoms with E-state index in [9.17, 15) is 9.59 Å². The van der Waals surface area contributed by atoms with Crippen molar-refractivity contribution in [1.29, 1.82) is 0 Å². The topological polar surface area (TPSA) is 76.0 Å². The van der Waals surface area contributed by atoms with Gasteiger partial charge in [-0.2, -0.15) is 0 Å². The van der Waals surface area contributed by atoms with Crippen molar-refractivity contribution in [2.45, 2.75) is 6.42 Å². The van der Waals surface area contributed by atoms with Gasteiger partial charge in [0.1, 0.15) is 0 Å². The van der Waals surface area contributed by atoms with Gasteiger partial charge >= 0.3 is 0 Å². The highest BCUT2D eigenvalue weighted by Crippen LogP contribution is 2.14. The SMILES string of the molecule is NC(=O)Cc1cc(=O)[nH]c2ccccc12. The molecule has 1 amide bonds. The molecule has 0 atom stereocenters. The maximum Gasteiger partial charge on any atom is 0.248 e. The minimum Gasteiger partial charge on any atom is -0.369 e. The van der Waals surface area contributed by atoms with E-state index in [-0.39, 0.29) is 12.0 Å². The van der Waals surface area contributed by atoms with Crippen molar-refractivity contribution in [3.63, 3.8) is 0 Å². The highest BCUT2D eigenvalue weighted by molar-refractivity contribution is 5.87. The zero-order chi connectivity index (χ0) is 10.8. The number of rotatable bonds is 2. The molecular formula is C11H10N2O2. The number of hydrogen-bond acceptors (Lipinski definition) is 2. The van der Waals surface area contributed by atoms with Gasteiger partial charge < -0.3 is 10.7 Å². The van der Waals surface area contributed by atoms with Gasteiger partial charge in [0.15, 0.2) is 0 Å². The summed E-state index contributed by atoms with van der Waals surface area (Å²) in [4.78, 5) is 24.8. The predicted molar refractivity (Wildman–Crippen MR) is 57.5 cm³/mol. The number of H-pyrrole nitrogens is 1. The summed E-state index contributed by atoms with van der Waals surface area (Å²) < 4.78 is 0. The summed E-state index contributed by atoms with van der Waals surface area (Å²) in [5.74, 6) is -0.439. The summed E-state index contributed by atoms with van der Waals surface area (Å²) >= 11 is 0. The number of nitrogens with two attached hydrogens (primary N) is 1.